The van der Waals surface area contributed by atoms with Crippen LogP contribution in [0.5, 0.6) is 5.75 Å². The second-order valence-corrected chi connectivity index (χ2v) is 4.39. The van der Waals surface area contributed by atoms with Crippen molar-refractivity contribution in [1.29, 1.82) is 0 Å². The number of nitrogens with two attached hydrogens (primary N) is 1. The van der Waals surface area contributed by atoms with E-state index in [4.69, 9.17) is 22.1 Å². The van der Waals surface area contributed by atoms with Crippen LogP contribution in [-0.2, 0) is 0 Å². The van der Waals surface area contributed by atoms with Crippen molar-refractivity contribution >= 4 is 23.2 Å². The molecular weight excluding hydrogens is 264 g/mol. The van der Waals surface area contributed by atoms with Gasteiger partial charge in [0.05, 0.1) is 6.54 Å². The van der Waals surface area contributed by atoms with E-state index >= 15 is 0 Å². The summed E-state index contributed by atoms with van der Waals surface area (Å²) in [6.45, 7) is 3.10. The molecule has 0 amide bonds. The predicted molar refractivity (Wildman–Crippen MR) is 76.6 cm³/mol. The van der Waals surface area contributed by atoms with E-state index in [9.17, 15) is 0 Å². The maximum atomic E-state index is 5.96. The number of anilines is 2. The Bertz CT molecular complexity index is 562. The summed E-state index contributed by atoms with van der Waals surface area (Å²) in [6.07, 6.45) is 1.37. The first kappa shape index (κ1) is 13.4. The lowest BCUT2D eigenvalue weighted by atomic mass is 10.2. The number of aryl methyl sites for hydroxylation is 1. The molecule has 100 valence electrons. The Morgan fingerprint density at radius 1 is 1.37 bits per heavy atom. The SMILES string of the molecule is Cc1cccc(OCCNc2ncnc(N)c2Cl)c1. The summed E-state index contributed by atoms with van der Waals surface area (Å²) < 4.78 is 5.60. The van der Waals surface area contributed by atoms with Gasteiger partial charge in [-0.25, -0.2) is 9.97 Å². The normalized spacial score (nSPS) is 10.2. The quantitative estimate of drug-likeness (QED) is 0.822. The molecule has 19 heavy (non-hydrogen) atoms. The molecule has 0 atom stereocenters. The van der Waals surface area contributed by atoms with Crippen LogP contribution in [0.2, 0.25) is 5.02 Å². The van der Waals surface area contributed by atoms with Crippen LogP contribution in [0.25, 0.3) is 0 Å². The molecule has 0 aliphatic rings. The van der Waals surface area contributed by atoms with E-state index < -0.39 is 0 Å². The number of benzene rings is 1. The fourth-order valence-electron chi connectivity index (χ4n) is 1.55. The average Bonchev–Trinajstić information content (AvgIpc) is 2.39. The highest BCUT2D eigenvalue weighted by molar-refractivity contribution is 6.35. The molecule has 5 nitrogen and oxygen atoms in total. The fourth-order valence-corrected chi connectivity index (χ4v) is 1.71. The second kappa shape index (κ2) is 6.24. The molecule has 0 saturated carbocycles. The molecule has 1 aromatic heterocycles. The number of nitrogen functional groups attached to an aromatic ring is 1. The summed E-state index contributed by atoms with van der Waals surface area (Å²) in [4.78, 5) is 7.80. The van der Waals surface area contributed by atoms with Gasteiger partial charge in [0, 0.05) is 0 Å². The fraction of sp³-hybridized carbons (Fsp3) is 0.231. The number of halogens is 1. The number of ether oxygens (including phenoxy) is 1. The molecule has 0 radical (unpaired) electrons. The summed E-state index contributed by atoms with van der Waals surface area (Å²) in [7, 11) is 0. The molecule has 2 aromatic rings. The van der Waals surface area contributed by atoms with Crippen LogP contribution in [-0.4, -0.2) is 23.1 Å². The summed E-state index contributed by atoms with van der Waals surface area (Å²) >= 11 is 5.96. The van der Waals surface area contributed by atoms with Crippen LogP contribution in [0.15, 0.2) is 30.6 Å². The molecular formula is C13H15ClN4O. The zero-order valence-electron chi connectivity index (χ0n) is 10.6. The average molecular weight is 279 g/mol. The molecule has 3 N–H and O–H groups in total. The first-order valence-electron chi connectivity index (χ1n) is 5.86. The topological polar surface area (TPSA) is 73.1 Å². The van der Waals surface area contributed by atoms with Crippen molar-refractivity contribution in [2.75, 3.05) is 24.2 Å². The minimum atomic E-state index is 0.263. The monoisotopic (exact) mass is 278 g/mol. The first-order chi connectivity index (χ1) is 9.16. The largest absolute Gasteiger partial charge is 0.492 e. The van der Waals surface area contributed by atoms with Gasteiger partial charge in [-0.1, -0.05) is 23.7 Å². The van der Waals surface area contributed by atoms with Crippen molar-refractivity contribution in [3.8, 4) is 5.75 Å². The van der Waals surface area contributed by atoms with E-state index in [-0.39, 0.29) is 5.82 Å². The van der Waals surface area contributed by atoms with Gasteiger partial charge in [0.2, 0.25) is 0 Å². The van der Waals surface area contributed by atoms with Gasteiger partial charge in [-0.3, -0.25) is 0 Å². The van der Waals surface area contributed by atoms with Crippen molar-refractivity contribution in [2.45, 2.75) is 6.92 Å². The molecule has 0 spiro atoms. The third-order valence-electron chi connectivity index (χ3n) is 2.47. The molecule has 0 aliphatic carbocycles. The van der Waals surface area contributed by atoms with Gasteiger partial charge in [-0.15, -0.1) is 0 Å². The van der Waals surface area contributed by atoms with Gasteiger partial charge in [0.25, 0.3) is 0 Å². The molecule has 2 rings (SSSR count). The molecule has 0 fully saturated rings. The van der Waals surface area contributed by atoms with Crippen LogP contribution in [0.3, 0.4) is 0 Å². The van der Waals surface area contributed by atoms with E-state index in [1.807, 2.05) is 31.2 Å². The molecule has 0 bridgehead atoms. The minimum Gasteiger partial charge on any atom is -0.492 e. The lowest BCUT2D eigenvalue weighted by molar-refractivity contribution is 0.332. The highest BCUT2D eigenvalue weighted by Gasteiger charge is 2.05. The standard InChI is InChI=1S/C13H15ClN4O/c1-9-3-2-4-10(7-9)19-6-5-16-13-11(14)12(15)17-8-18-13/h2-4,7-8H,5-6H2,1H3,(H3,15,16,17,18). The maximum Gasteiger partial charge on any atom is 0.150 e. The second-order valence-electron chi connectivity index (χ2n) is 4.01. The van der Waals surface area contributed by atoms with E-state index in [0.717, 1.165) is 11.3 Å². The third kappa shape index (κ3) is 3.72. The lowest BCUT2D eigenvalue weighted by Crippen LogP contribution is -2.13. The number of hydrogen-bond donors (Lipinski definition) is 2. The molecule has 0 aliphatic heterocycles. The predicted octanol–water partition coefficient (Wildman–Crippen LogP) is 2.51. The summed E-state index contributed by atoms with van der Waals surface area (Å²) in [6, 6.07) is 7.88. The van der Waals surface area contributed by atoms with Gasteiger partial charge in [0.15, 0.2) is 5.82 Å². The molecule has 1 heterocycles. The van der Waals surface area contributed by atoms with Gasteiger partial charge >= 0.3 is 0 Å². The zero-order valence-corrected chi connectivity index (χ0v) is 11.3. The van der Waals surface area contributed by atoms with E-state index in [1.54, 1.807) is 0 Å². The highest BCUT2D eigenvalue weighted by Crippen LogP contribution is 2.22. The van der Waals surface area contributed by atoms with Crippen LogP contribution in [0.4, 0.5) is 11.6 Å². The lowest BCUT2D eigenvalue weighted by Gasteiger charge is -2.09. The number of hydrogen-bond acceptors (Lipinski definition) is 5. The Hall–Kier alpha value is -2.01. The molecule has 6 heteroatoms. The number of nitrogens with one attached hydrogen (secondary N) is 1. The third-order valence-corrected chi connectivity index (χ3v) is 2.84. The van der Waals surface area contributed by atoms with Crippen molar-refractivity contribution in [2.24, 2.45) is 0 Å². The minimum absolute atomic E-state index is 0.263. The maximum absolute atomic E-state index is 5.96. The number of rotatable bonds is 5. The number of aromatic nitrogens is 2. The van der Waals surface area contributed by atoms with Crippen LogP contribution in [0, 0.1) is 6.92 Å². The molecule has 0 saturated heterocycles. The highest BCUT2D eigenvalue weighted by atomic mass is 35.5. The first-order valence-corrected chi connectivity index (χ1v) is 6.24. The van der Waals surface area contributed by atoms with Crippen molar-refractivity contribution in [3.05, 3.63) is 41.2 Å². The summed E-state index contributed by atoms with van der Waals surface area (Å²) in [5, 5.41) is 3.38. The van der Waals surface area contributed by atoms with Crippen molar-refractivity contribution in [3.63, 3.8) is 0 Å². The van der Waals surface area contributed by atoms with Gasteiger partial charge in [0.1, 0.15) is 29.5 Å². The zero-order chi connectivity index (χ0) is 13.7. The molecule has 1 aromatic carbocycles. The molecule has 0 unspecified atom stereocenters. The van der Waals surface area contributed by atoms with Gasteiger partial charge < -0.3 is 15.8 Å². The van der Waals surface area contributed by atoms with Gasteiger partial charge in [-0.05, 0) is 24.6 Å². The van der Waals surface area contributed by atoms with Crippen molar-refractivity contribution in [1.82, 2.24) is 9.97 Å². The summed E-state index contributed by atoms with van der Waals surface area (Å²) in [5.41, 5.74) is 6.74. The Balaban J connectivity index is 1.82. The van der Waals surface area contributed by atoms with E-state index in [2.05, 4.69) is 15.3 Å². The Morgan fingerprint density at radius 2 is 2.21 bits per heavy atom. The van der Waals surface area contributed by atoms with Crippen molar-refractivity contribution < 1.29 is 4.74 Å². The Morgan fingerprint density at radius 3 is 3.00 bits per heavy atom. The van der Waals surface area contributed by atoms with E-state index in [0.29, 0.717) is 24.0 Å². The van der Waals surface area contributed by atoms with E-state index in [1.165, 1.54) is 6.33 Å². The van der Waals surface area contributed by atoms with Gasteiger partial charge in [-0.2, -0.15) is 0 Å². The van der Waals surface area contributed by atoms with Crippen LogP contribution >= 0.6 is 11.6 Å². The smallest absolute Gasteiger partial charge is 0.150 e. The van der Waals surface area contributed by atoms with Crippen LogP contribution in [0.1, 0.15) is 5.56 Å². The Kier molecular flexibility index (Phi) is 4.41. The summed E-state index contributed by atoms with van der Waals surface area (Å²) in [5.74, 6) is 1.62. The Labute approximate surface area is 116 Å². The van der Waals surface area contributed by atoms with Crippen LogP contribution < -0.4 is 15.8 Å². The number of nitrogens with zero attached hydrogens (tertiary/aromatic N) is 2.